The standard InChI is InChI=1S/C19H25N5O2/c1-23-12-22-16-11-24(9-14-4-3-7-20-19(14)26-2)10-15(17(16)23)18(25)21-8-13-5-6-13/h3-4,7,12-13,15H,5-6,8-11H2,1-2H3,(H,21,25)/t15-/m1/s1. The van der Waals surface area contributed by atoms with Crippen LogP contribution in [0.1, 0.15) is 35.7 Å². The predicted molar refractivity (Wildman–Crippen MR) is 96.6 cm³/mol. The minimum Gasteiger partial charge on any atom is -0.481 e. The van der Waals surface area contributed by atoms with Crippen LogP contribution in [-0.4, -0.2) is 45.5 Å². The summed E-state index contributed by atoms with van der Waals surface area (Å²) in [5.74, 6) is 1.20. The summed E-state index contributed by atoms with van der Waals surface area (Å²) in [5.41, 5.74) is 3.03. The summed E-state index contributed by atoms with van der Waals surface area (Å²) in [4.78, 5) is 23.9. The van der Waals surface area contributed by atoms with Gasteiger partial charge in [0.05, 0.1) is 30.7 Å². The summed E-state index contributed by atoms with van der Waals surface area (Å²) < 4.78 is 7.35. The maximum atomic E-state index is 12.8. The van der Waals surface area contributed by atoms with Gasteiger partial charge in [-0.05, 0) is 24.8 Å². The SMILES string of the molecule is COc1ncccc1CN1Cc2ncn(C)c2[C@H](C(=O)NCC2CC2)C1. The van der Waals surface area contributed by atoms with Gasteiger partial charge >= 0.3 is 0 Å². The summed E-state index contributed by atoms with van der Waals surface area (Å²) in [5, 5.41) is 3.14. The van der Waals surface area contributed by atoms with Crippen LogP contribution < -0.4 is 10.1 Å². The van der Waals surface area contributed by atoms with Crippen LogP contribution in [-0.2, 0) is 24.9 Å². The molecule has 0 aromatic carbocycles. The first-order valence-electron chi connectivity index (χ1n) is 9.13. The fourth-order valence-corrected chi connectivity index (χ4v) is 3.66. The average molecular weight is 355 g/mol. The van der Waals surface area contributed by atoms with Crippen LogP contribution in [0.3, 0.4) is 0 Å². The lowest BCUT2D eigenvalue weighted by Gasteiger charge is -2.32. The first-order chi connectivity index (χ1) is 12.7. The largest absolute Gasteiger partial charge is 0.481 e. The van der Waals surface area contributed by atoms with Crippen molar-refractivity contribution in [2.45, 2.75) is 31.8 Å². The van der Waals surface area contributed by atoms with E-state index in [2.05, 4.69) is 20.2 Å². The maximum Gasteiger partial charge on any atom is 0.230 e. The van der Waals surface area contributed by atoms with Gasteiger partial charge in [0.25, 0.3) is 0 Å². The number of nitrogens with one attached hydrogen (secondary N) is 1. The molecule has 26 heavy (non-hydrogen) atoms. The Morgan fingerprint density at radius 2 is 2.23 bits per heavy atom. The summed E-state index contributed by atoms with van der Waals surface area (Å²) in [7, 11) is 3.60. The highest BCUT2D eigenvalue weighted by Gasteiger charge is 2.34. The van der Waals surface area contributed by atoms with Crippen molar-refractivity contribution in [3.8, 4) is 5.88 Å². The Bertz CT molecular complexity index is 799. The van der Waals surface area contributed by atoms with Crippen molar-refractivity contribution >= 4 is 5.91 Å². The van der Waals surface area contributed by atoms with Crippen molar-refractivity contribution < 1.29 is 9.53 Å². The molecule has 4 rings (SSSR count). The number of hydrogen-bond donors (Lipinski definition) is 1. The normalized spacial score (nSPS) is 19.8. The number of ether oxygens (including phenoxy) is 1. The van der Waals surface area contributed by atoms with Crippen molar-refractivity contribution in [3.63, 3.8) is 0 Å². The zero-order valence-corrected chi connectivity index (χ0v) is 15.3. The maximum absolute atomic E-state index is 12.8. The molecular formula is C19H25N5O2. The molecule has 0 unspecified atom stereocenters. The Hall–Kier alpha value is -2.41. The molecule has 2 aromatic heterocycles. The lowest BCUT2D eigenvalue weighted by Crippen LogP contribution is -2.42. The molecule has 1 N–H and O–H groups in total. The molecular weight excluding hydrogens is 330 g/mol. The van der Waals surface area contributed by atoms with E-state index >= 15 is 0 Å². The summed E-state index contributed by atoms with van der Waals surface area (Å²) in [6, 6.07) is 3.93. The van der Waals surface area contributed by atoms with Crippen molar-refractivity contribution in [1.29, 1.82) is 0 Å². The lowest BCUT2D eigenvalue weighted by atomic mass is 9.96. The quantitative estimate of drug-likeness (QED) is 0.849. The smallest absolute Gasteiger partial charge is 0.230 e. The van der Waals surface area contributed by atoms with Crippen molar-refractivity contribution in [2.24, 2.45) is 13.0 Å². The monoisotopic (exact) mass is 355 g/mol. The first-order valence-corrected chi connectivity index (χ1v) is 9.13. The number of aryl methyl sites for hydroxylation is 1. The molecule has 1 aliphatic carbocycles. The zero-order valence-electron chi connectivity index (χ0n) is 15.3. The van der Waals surface area contributed by atoms with Gasteiger partial charge in [-0.25, -0.2) is 9.97 Å². The number of carbonyl (C=O) groups excluding carboxylic acids is 1. The molecule has 0 bridgehead atoms. The Kier molecular flexibility index (Phi) is 4.63. The van der Waals surface area contributed by atoms with Crippen LogP contribution in [0.2, 0.25) is 0 Å². The van der Waals surface area contributed by atoms with Gasteiger partial charge in [0.15, 0.2) is 0 Å². The van der Waals surface area contributed by atoms with Crippen molar-refractivity contribution in [2.75, 3.05) is 20.2 Å². The van der Waals surface area contributed by atoms with E-state index < -0.39 is 0 Å². The van der Waals surface area contributed by atoms with E-state index in [9.17, 15) is 4.79 Å². The fourth-order valence-electron chi connectivity index (χ4n) is 3.66. The number of imidazole rings is 1. The number of pyridine rings is 1. The number of rotatable bonds is 6. The number of carbonyl (C=O) groups is 1. The molecule has 3 heterocycles. The lowest BCUT2D eigenvalue weighted by molar-refractivity contribution is -0.123. The molecule has 138 valence electrons. The molecule has 1 amide bonds. The van der Waals surface area contributed by atoms with E-state index in [-0.39, 0.29) is 11.8 Å². The molecule has 0 saturated heterocycles. The number of nitrogens with zero attached hydrogens (tertiary/aromatic N) is 4. The topological polar surface area (TPSA) is 72.3 Å². The zero-order chi connectivity index (χ0) is 18.1. The van der Waals surface area contributed by atoms with E-state index in [1.165, 1.54) is 12.8 Å². The Labute approximate surface area is 153 Å². The molecule has 2 aliphatic rings. The van der Waals surface area contributed by atoms with Gasteiger partial charge in [0, 0.05) is 45.0 Å². The fraction of sp³-hybridized carbons (Fsp3) is 0.526. The van der Waals surface area contributed by atoms with E-state index in [1.54, 1.807) is 19.6 Å². The predicted octanol–water partition coefficient (Wildman–Crippen LogP) is 1.45. The molecule has 1 atom stereocenters. The highest BCUT2D eigenvalue weighted by Crippen LogP contribution is 2.31. The Balaban J connectivity index is 1.53. The first kappa shape index (κ1) is 17.0. The van der Waals surface area contributed by atoms with Crippen LogP contribution >= 0.6 is 0 Å². The van der Waals surface area contributed by atoms with E-state index in [0.29, 0.717) is 24.9 Å². The van der Waals surface area contributed by atoms with Crippen LogP contribution in [0, 0.1) is 5.92 Å². The number of amides is 1. The third-order valence-corrected chi connectivity index (χ3v) is 5.22. The van der Waals surface area contributed by atoms with Gasteiger partial charge in [-0.3, -0.25) is 9.69 Å². The van der Waals surface area contributed by atoms with Gasteiger partial charge in [-0.2, -0.15) is 0 Å². The number of fused-ring (bicyclic) bond motifs is 1. The van der Waals surface area contributed by atoms with Gasteiger partial charge < -0.3 is 14.6 Å². The van der Waals surface area contributed by atoms with E-state index in [0.717, 1.165) is 30.0 Å². The molecule has 1 fully saturated rings. The molecule has 7 nitrogen and oxygen atoms in total. The van der Waals surface area contributed by atoms with Crippen LogP contribution in [0.15, 0.2) is 24.7 Å². The Morgan fingerprint density at radius 3 is 3.00 bits per heavy atom. The molecule has 2 aromatic rings. The molecule has 0 spiro atoms. The average Bonchev–Trinajstić information content (AvgIpc) is 3.42. The van der Waals surface area contributed by atoms with Gasteiger partial charge in [-0.1, -0.05) is 6.07 Å². The van der Waals surface area contributed by atoms with Gasteiger partial charge in [-0.15, -0.1) is 0 Å². The van der Waals surface area contributed by atoms with E-state index in [4.69, 9.17) is 4.74 Å². The highest BCUT2D eigenvalue weighted by atomic mass is 16.5. The second kappa shape index (κ2) is 7.07. The minimum absolute atomic E-state index is 0.101. The molecule has 0 radical (unpaired) electrons. The number of hydrogen-bond acceptors (Lipinski definition) is 5. The second-order valence-electron chi connectivity index (χ2n) is 7.27. The van der Waals surface area contributed by atoms with Gasteiger partial charge in [0.1, 0.15) is 0 Å². The summed E-state index contributed by atoms with van der Waals surface area (Å²) in [6.07, 6.45) is 5.99. The third kappa shape index (κ3) is 3.44. The highest BCUT2D eigenvalue weighted by molar-refractivity contribution is 5.84. The third-order valence-electron chi connectivity index (χ3n) is 5.22. The second-order valence-corrected chi connectivity index (χ2v) is 7.27. The van der Waals surface area contributed by atoms with Crippen LogP contribution in [0.25, 0.3) is 0 Å². The minimum atomic E-state index is -0.201. The van der Waals surface area contributed by atoms with Crippen molar-refractivity contribution in [1.82, 2.24) is 24.8 Å². The summed E-state index contributed by atoms with van der Waals surface area (Å²) >= 11 is 0. The summed E-state index contributed by atoms with van der Waals surface area (Å²) in [6.45, 7) is 2.86. The van der Waals surface area contributed by atoms with Crippen LogP contribution in [0.4, 0.5) is 0 Å². The number of aromatic nitrogens is 3. The number of methoxy groups -OCH3 is 1. The van der Waals surface area contributed by atoms with Gasteiger partial charge in [0.2, 0.25) is 11.8 Å². The Morgan fingerprint density at radius 1 is 1.38 bits per heavy atom. The molecule has 1 saturated carbocycles. The molecule has 7 heteroatoms. The van der Waals surface area contributed by atoms with Crippen LogP contribution in [0.5, 0.6) is 5.88 Å². The molecule has 1 aliphatic heterocycles. The van der Waals surface area contributed by atoms with Crippen molar-refractivity contribution in [3.05, 3.63) is 41.6 Å². The van der Waals surface area contributed by atoms with E-state index in [1.807, 2.05) is 23.7 Å².